The van der Waals surface area contributed by atoms with E-state index < -0.39 is 0 Å². The summed E-state index contributed by atoms with van der Waals surface area (Å²) in [7, 11) is 1.77. The second kappa shape index (κ2) is 4.65. The lowest BCUT2D eigenvalue weighted by Crippen LogP contribution is -2.39. The van der Waals surface area contributed by atoms with E-state index in [0.717, 1.165) is 19.5 Å². The summed E-state index contributed by atoms with van der Waals surface area (Å²) in [5, 5.41) is 10.3. The monoisotopic (exact) mass is 222 g/mol. The third kappa shape index (κ3) is 2.24. The lowest BCUT2D eigenvalue weighted by atomic mass is 10.0. The van der Waals surface area contributed by atoms with Crippen molar-refractivity contribution in [2.75, 3.05) is 13.1 Å². The molecule has 2 N–H and O–H groups in total. The van der Waals surface area contributed by atoms with Gasteiger partial charge >= 0.3 is 0 Å². The number of nitrogens with zero attached hydrogens (tertiary/aromatic N) is 2. The number of amides is 1. The number of hydrogen-bond acceptors (Lipinski definition) is 3. The van der Waals surface area contributed by atoms with E-state index in [1.54, 1.807) is 24.0 Å². The van der Waals surface area contributed by atoms with Crippen molar-refractivity contribution >= 4 is 5.91 Å². The van der Waals surface area contributed by atoms with Gasteiger partial charge in [-0.3, -0.25) is 9.48 Å². The number of aromatic nitrogens is 2. The maximum absolute atomic E-state index is 11.9. The van der Waals surface area contributed by atoms with Crippen LogP contribution < -0.4 is 10.6 Å². The SMILES string of the molecule is CC(NC(=O)c1ccnn1C)C1CCNC1. The van der Waals surface area contributed by atoms with E-state index in [1.165, 1.54) is 0 Å². The summed E-state index contributed by atoms with van der Waals surface area (Å²) in [6.45, 7) is 4.11. The Kier molecular flexibility index (Phi) is 3.24. The highest BCUT2D eigenvalue weighted by atomic mass is 16.2. The van der Waals surface area contributed by atoms with Gasteiger partial charge in [0.05, 0.1) is 0 Å². The van der Waals surface area contributed by atoms with E-state index in [2.05, 4.69) is 22.7 Å². The smallest absolute Gasteiger partial charge is 0.269 e. The van der Waals surface area contributed by atoms with Crippen LogP contribution in [0.4, 0.5) is 0 Å². The average molecular weight is 222 g/mol. The van der Waals surface area contributed by atoms with Crippen molar-refractivity contribution in [3.05, 3.63) is 18.0 Å². The molecule has 1 aliphatic heterocycles. The molecule has 0 bridgehead atoms. The Morgan fingerprint density at radius 3 is 3.12 bits per heavy atom. The number of rotatable bonds is 3. The molecule has 0 aromatic carbocycles. The number of aryl methyl sites for hydroxylation is 1. The molecule has 0 saturated carbocycles. The Morgan fingerprint density at radius 2 is 2.56 bits per heavy atom. The van der Waals surface area contributed by atoms with Crippen LogP contribution in [0, 0.1) is 5.92 Å². The van der Waals surface area contributed by atoms with E-state index in [0.29, 0.717) is 11.6 Å². The third-order valence-corrected chi connectivity index (χ3v) is 3.22. The fraction of sp³-hybridized carbons (Fsp3) is 0.636. The van der Waals surface area contributed by atoms with Gasteiger partial charge in [-0.15, -0.1) is 0 Å². The number of carbonyl (C=O) groups is 1. The lowest BCUT2D eigenvalue weighted by Gasteiger charge is -2.19. The van der Waals surface area contributed by atoms with Gasteiger partial charge in [-0.25, -0.2) is 0 Å². The first-order valence-corrected chi connectivity index (χ1v) is 5.68. The minimum absolute atomic E-state index is 0.0422. The third-order valence-electron chi connectivity index (χ3n) is 3.22. The molecule has 1 amide bonds. The lowest BCUT2D eigenvalue weighted by molar-refractivity contribution is 0.0919. The molecule has 0 radical (unpaired) electrons. The number of carbonyl (C=O) groups excluding carboxylic acids is 1. The van der Waals surface area contributed by atoms with Gasteiger partial charge in [-0.2, -0.15) is 5.10 Å². The minimum atomic E-state index is -0.0422. The highest BCUT2D eigenvalue weighted by Gasteiger charge is 2.23. The second-order valence-electron chi connectivity index (χ2n) is 4.36. The highest BCUT2D eigenvalue weighted by Crippen LogP contribution is 2.12. The standard InChI is InChI=1S/C11H18N4O/c1-8(9-3-5-12-7-9)14-11(16)10-4-6-13-15(10)2/h4,6,8-9,12H,3,5,7H2,1-2H3,(H,14,16). The highest BCUT2D eigenvalue weighted by molar-refractivity contribution is 5.92. The van der Waals surface area contributed by atoms with Gasteiger partial charge in [0.15, 0.2) is 0 Å². The number of nitrogens with one attached hydrogen (secondary N) is 2. The molecule has 5 nitrogen and oxygen atoms in total. The van der Waals surface area contributed by atoms with Crippen LogP contribution in [0.2, 0.25) is 0 Å². The molecule has 88 valence electrons. The Bertz CT molecular complexity index is 368. The van der Waals surface area contributed by atoms with Gasteiger partial charge in [0.25, 0.3) is 5.91 Å². The molecule has 5 heteroatoms. The summed E-state index contributed by atoms with van der Waals surface area (Å²) >= 11 is 0. The molecule has 1 aromatic rings. The first kappa shape index (κ1) is 11.1. The molecule has 1 aromatic heterocycles. The molecule has 0 aliphatic carbocycles. The first-order valence-electron chi connectivity index (χ1n) is 5.68. The van der Waals surface area contributed by atoms with Crippen LogP contribution in [-0.2, 0) is 7.05 Å². The molecule has 1 saturated heterocycles. The molecule has 1 aliphatic rings. The molecule has 2 heterocycles. The van der Waals surface area contributed by atoms with Crippen molar-refractivity contribution in [1.82, 2.24) is 20.4 Å². The van der Waals surface area contributed by atoms with E-state index in [-0.39, 0.29) is 11.9 Å². The van der Waals surface area contributed by atoms with Crippen molar-refractivity contribution in [1.29, 1.82) is 0 Å². The quantitative estimate of drug-likeness (QED) is 0.765. The predicted molar refractivity (Wildman–Crippen MR) is 61.1 cm³/mol. The van der Waals surface area contributed by atoms with Gasteiger partial charge in [0.1, 0.15) is 5.69 Å². The van der Waals surface area contributed by atoms with Crippen LogP contribution >= 0.6 is 0 Å². The molecule has 0 spiro atoms. The van der Waals surface area contributed by atoms with Crippen LogP contribution in [-0.4, -0.2) is 34.8 Å². The zero-order chi connectivity index (χ0) is 11.5. The summed E-state index contributed by atoms with van der Waals surface area (Å²) in [4.78, 5) is 11.9. The Balaban J connectivity index is 1.94. The van der Waals surface area contributed by atoms with Gasteiger partial charge in [-0.05, 0) is 38.4 Å². The summed E-state index contributed by atoms with van der Waals surface area (Å²) in [6, 6.07) is 1.94. The largest absolute Gasteiger partial charge is 0.348 e. The first-order chi connectivity index (χ1) is 7.68. The average Bonchev–Trinajstić information content (AvgIpc) is 2.86. The van der Waals surface area contributed by atoms with Crippen LogP contribution in [0.3, 0.4) is 0 Å². The van der Waals surface area contributed by atoms with Crippen molar-refractivity contribution in [3.63, 3.8) is 0 Å². The summed E-state index contributed by atoms with van der Waals surface area (Å²) in [5.41, 5.74) is 0.609. The Hall–Kier alpha value is -1.36. The van der Waals surface area contributed by atoms with E-state index in [4.69, 9.17) is 0 Å². The maximum atomic E-state index is 11.9. The normalized spacial score (nSPS) is 22.0. The van der Waals surface area contributed by atoms with Crippen molar-refractivity contribution in [2.45, 2.75) is 19.4 Å². The summed E-state index contributed by atoms with van der Waals surface area (Å²) < 4.78 is 1.59. The topological polar surface area (TPSA) is 59.0 Å². The molecule has 16 heavy (non-hydrogen) atoms. The van der Waals surface area contributed by atoms with Gasteiger partial charge < -0.3 is 10.6 Å². The maximum Gasteiger partial charge on any atom is 0.269 e. The van der Waals surface area contributed by atoms with Crippen LogP contribution in [0.25, 0.3) is 0 Å². The number of hydrogen-bond donors (Lipinski definition) is 2. The van der Waals surface area contributed by atoms with Crippen molar-refractivity contribution in [3.8, 4) is 0 Å². The minimum Gasteiger partial charge on any atom is -0.348 e. The van der Waals surface area contributed by atoms with Gasteiger partial charge in [0, 0.05) is 19.3 Å². The zero-order valence-electron chi connectivity index (χ0n) is 9.73. The van der Waals surface area contributed by atoms with Crippen molar-refractivity contribution in [2.24, 2.45) is 13.0 Å². The second-order valence-corrected chi connectivity index (χ2v) is 4.36. The van der Waals surface area contributed by atoms with E-state index in [9.17, 15) is 4.79 Å². The van der Waals surface area contributed by atoms with E-state index >= 15 is 0 Å². The zero-order valence-corrected chi connectivity index (χ0v) is 9.73. The van der Waals surface area contributed by atoms with Gasteiger partial charge in [0.2, 0.25) is 0 Å². The van der Waals surface area contributed by atoms with Gasteiger partial charge in [-0.1, -0.05) is 0 Å². The summed E-state index contributed by atoms with van der Waals surface area (Å²) in [5.74, 6) is 0.497. The van der Waals surface area contributed by atoms with Crippen LogP contribution in [0.5, 0.6) is 0 Å². The Labute approximate surface area is 95.2 Å². The van der Waals surface area contributed by atoms with E-state index in [1.807, 2.05) is 0 Å². The molecule has 2 unspecified atom stereocenters. The van der Waals surface area contributed by atoms with Crippen LogP contribution in [0.1, 0.15) is 23.8 Å². The molecule has 1 fully saturated rings. The molecule has 2 atom stereocenters. The van der Waals surface area contributed by atoms with Crippen molar-refractivity contribution < 1.29 is 4.79 Å². The molecule has 2 rings (SSSR count). The van der Waals surface area contributed by atoms with Crippen LogP contribution in [0.15, 0.2) is 12.3 Å². The Morgan fingerprint density at radius 1 is 1.75 bits per heavy atom. The predicted octanol–water partition coefficient (Wildman–Crippen LogP) is 0.148. The summed E-state index contributed by atoms with van der Waals surface area (Å²) in [6.07, 6.45) is 2.77. The fourth-order valence-corrected chi connectivity index (χ4v) is 2.10. The molecular weight excluding hydrogens is 204 g/mol. The fourth-order valence-electron chi connectivity index (χ4n) is 2.10. The molecular formula is C11H18N4O.